The van der Waals surface area contributed by atoms with Gasteiger partial charge in [-0.15, -0.1) is 0 Å². The molecule has 2 amide bonds. The van der Waals surface area contributed by atoms with E-state index in [9.17, 15) is 9.59 Å². The molecule has 0 saturated carbocycles. The molecule has 1 fully saturated rings. The minimum Gasteiger partial charge on any atom is -0.497 e. The summed E-state index contributed by atoms with van der Waals surface area (Å²) in [7, 11) is 3.06. The van der Waals surface area contributed by atoms with Gasteiger partial charge in [0.25, 0.3) is 5.91 Å². The van der Waals surface area contributed by atoms with Gasteiger partial charge in [-0.3, -0.25) is 14.5 Å². The second-order valence-corrected chi connectivity index (χ2v) is 7.97. The summed E-state index contributed by atoms with van der Waals surface area (Å²) >= 11 is 0. The Morgan fingerprint density at radius 3 is 2.34 bits per heavy atom. The second kappa shape index (κ2) is 11.0. The summed E-state index contributed by atoms with van der Waals surface area (Å²) in [5.74, 6) is 0.514. The Labute approximate surface area is 174 Å². The fourth-order valence-electron chi connectivity index (χ4n) is 3.62. The van der Waals surface area contributed by atoms with Crippen LogP contribution >= 0.6 is 0 Å². The van der Waals surface area contributed by atoms with E-state index >= 15 is 0 Å². The second-order valence-electron chi connectivity index (χ2n) is 7.97. The number of ether oxygens (including phenoxy) is 2. The number of nitrogens with one attached hydrogen (secondary N) is 2. The number of carbonyl (C=O) groups excluding carboxylic acids is 2. The largest absolute Gasteiger partial charge is 0.497 e. The first kappa shape index (κ1) is 23.0. The van der Waals surface area contributed by atoms with Crippen molar-refractivity contribution in [3.63, 3.8) is 0 Å². The third-order valence-electron chi connectivity index (χ3n) is 5.49. The van der Waals surface area contributed by atoms with Gasteiger partial charge in [0.1, 0.15) is 17.5 Å². The van der Waals surface area contributed by atoms with Crippen molar-refractivity contribution in [2.24, 2.45) is 5.92 Å². The van der Waals surface area contributed by atoms with Crippen molar-refractivity contribution in [2.45, 2.75) is 52.1 Å². The van der Waals surface area contributed by atoms with Gasteiger partial charge in [0, 0.05) is 30.8 Å². The molecule has 1 saturated heterocycles. The smallest absolute Gasteiger partial charge is 0.252 e. The first-order valence-electron chi connectivity index (χ1n) is 10.4. The number of nitrogens with zero attached hydrogens (tertiary/aromatic N) is 1. The highest BCUT2D eigenvalue weighted by atomic mass is 16.5. The maximum atomic E-state index is 12.8. The zero-order chi connectivity index (χ0) is 21.4. The quantitative estimate of drug-likeness (QED) is 0.660. The summed E-state index contributed by atoms with van der Waals surface area (Å²) in [6, 6.07) is 4.91. The Hall–Kier alpha value is -2.28. The van der Waals surface area contributed by atoms with Crippen molar-refractivity contribution in [2.75, 3.05) is 33.9 Å². The van der Waals surface area contributed by atoms with Crippen LogP contribution in [0.4, 0.5) is 0 Å². The Balaban J connectivity index is 1.96. The van der Waals surface area contributed by atoms with Gasteiger partial charge >= 0.3 is 0 Å². The molecule has 1 heterocycles. The molecular formula is C22H35N3O4. The maximum absolute atomic E-state index is 12.8. The topological polar surface area (TPSA) is 79.9 Å². The molecule has 2 rings (SSSR count). The lowest BCUT2D eigenvalue weighted by Crippen LogP contribution is -2.51. The number of likely N-dealkylation sites (tertiary alicyclic amines) is 1. The van der Waals surface area contributed by atoms with Gasteiger partial charge in [0.05, 0.1) is 14.2 Å². The van der Waals surface area contributed by atoms with Crippen molar-refractivity contribution >= 4 is 11.8 Å². The summed E-state index contributed by atoms with van der Waals surface area (Å²) < 4.78 is 10.4. The Morgan fingerprint density at radius 2 is 1.79 bits per heavy atom. The van der Waals surface area contributed by atoms with Crippen LogP contribution in [0.15, 0.2) is 18.2 Å². The van der Waals surface area contributed by atoms with Crippen LogP contribution in [0, 0.1) is 5.92 Å². The number of piperidine rings is 1. The molecule has 0 aliphatic carbocycles. The SMILES string of the molecule is COc1cc(OC)cc(C(=O)N[C@H](C(=O)NCCN2CCCC[C@@H]2C)C(C)C)c1. The molecule has 7 heteroatoms. The van der Waals surface area contributed by atoms with Crippen LogP contribution < -0.4 is 20.1 Å². The molecule has 1 aromatic rings. The zero-order valence-electron chi connectivity index (χ0n) is 18.3. The van der Waals surface area contributed by atoms with E-state index in [1.807, 2.05) is 13.8 Å². The number of carbonyl (C=O) groups is 2. The molecule has 0 spiro atoms. The number of hydrogen-bond donors (Lipinski definition) is 2. The Bertz CT molecular complexity index is 670. The molecule has 0 radical (unpaired) electrons. The van der Waals surface area contributed by atoms with Gasteiger partial charge < -0.3 is 20.1 Å². The minimum absolute atomic E-state index is 0.0413. The highest BCUT2D eigenvalue weighted by Gasteiger charge is 2.25. The summed E-state index contributed by atoms with van der Waals surface area (Å²) in [5.41, 5.74) is 0.391. The first-order valence-corrected chi connectivity index (χ1v) is 10.4. The number of methoxy groups -OCH3 is 2. The van der Waals surface area contributed by atoms with E-state index in [4.69, 9.17) is 9.47 Å². The normalized spacial score (nSPS) is 18.2. The molecule has 0 bridgehead atoms. The van der Waals surface area contributed by atoms with Crippen LogP contribution in [0.1, 0.15) is 50.4 Å². The van der Waals surface area contributed by atoms with E-state index < -0.39 is 6.04 Å². The minimum atomic E-state index is -0.613. The van der Waals surface area contributed by atoms with Crippen LogP contribution in [-0.4, -0.2) is 62.7 Å². The van der Waals surface area contributed by atoms with Gasteiger partial charge in [-0.25, -0.2) is 0 Å². The lowest BCUT2D eigenvalue weighted by Gasteiger charge is -2.33. The monoisotopic (exact) mass is 405 g/mol. The first-order chi connectivity index (χ1) is 13.8. The van der Waals surface area contributed by atoms with Gasteiger partial charge in [-0.2, -0.15) is 0 Å². The molecule has 0 aromatic heterocycles. The number of hydrogen-bond acceptors (Lipinski definition) is 5. The van der Waals surface area contributed by atoms with Crippen LogP contribution in [0.2, 0.25) is 0 Å². The fourth-order valence-corrected chi connectivity index (χ4v) is 3.62. The van der Waals surface area contributed by atoms with Crippen molar-refractivity contribution in [3.8, 4) is 11.5 Å². The van der Waals surface area contributed by atoms with Crippen LogP contribution in [0.3, 0.4) is 0 Å². The molecule has 2 atom stereocenters. The maximum Gasteiger partial charge on any atom is 0.252 e. The van der Waals surface area contributed by atoms with Crippen molar-refractivity contribution < 1.29 is 19.1 Å². The summed E-state index contributed by atoms with van der Waals surface area (Å²) in [5, 5.41) is 5.85. The molecular weight excluding hydrogens is 370 g/mol. The molecule has 7 nitrogen and oxygen atoms in total. The molecule has 1 aliphatic heterocycles. The average molecular weight is 406 g/mol. The molecule has 162 valence electrons. The predicted octanol–water partition coefficient (Wildman–Crippen LogP) is 2.45. The Kier molecular flexibility index (Phi) is 8.76. The zero-order valence-corrected chi connectivity index (χ0v) is 18.3. The van der Waals surface area contributed by atoms with Crippen molar-refractivity contribution in [3.05, 3.63) is 23.8 Å². The van der Waals surface area contributed by atoms with E-state index in [0.717, 1.165) is 13.1 Å². The van der Waals surface area contributed by atoms with E-state index in [1.54, 1.807) is 18.2 Å². The lowest BCUT2D eigenvalue weighted by molar-refractivity contribution is -0.124. The predicted molar refractivity (Wildman–Crippen MR) is 114 cm³/mol. The standard InChI is InChI=1S/C22H35N3O4/c1-15(2)20(22(27)23-9-11-25-10-7-6-8-16(25)3)24-21(26)17-12-18(28-4)14-19(13-17)29-5/h12-16,20H,6-11H2,1-5H3,(H,23,27)(H,24,26)/t16-,20-/m0/s1. The van der Waals surface area contributed by atoms with E-state index in [-0.39, 0.29) is 17.7 Å². The van der Waals surface area contributed by atoms with Crippen molar-refractivity contribution in [1.29, 1.82) is 0 Å². The highest BCUT2D eigenvalue weighted by Crippen LogP contribution is 2.22. The number of benzene rings is 1. The van der Waals surface area contributed by atoms with Gasteiger partial charge in [-0.05, 0) is 44.4 Å². The van der Waals surface area contributed by atoms with Gasteiger partial charge in [0.15, 0.2) is 0 Å². The number of amides is 2. The Morgan fingerprint density at radius 1 is 1.14 bits per heavy atom. The molecule has 1 aromatic carbocycles. The number of rotatable bonds is 9. The summed E-state index contributed by atoms with van der Waals surface area (Å²) in [6.07, 6.45) is 3.70. The summed E-state index contributed by atoms with van der Waals surface area (Å²) in [4.78, 5) is 27.9. The fraction of sp³-hybridized carbons (Fsp3) is 0.636. The molecule has 0 unspecified atom stereocenters. The van der Waals surface area contributed by atoms with E-state index in [2.05, 4.69) is 22.5 Å². The average Bonchev–Trinajstić information content (AvgIpc) is 2.72. The molecule has 1 aliphatic rings. The third kappa shape index (κ3) is 6.63. The molecule has 29 heavy (non-hydrogen) atoms. The van der Waals surface area contributed by atoms with Crippen molar-refractivity contribution in [1.82, 2.24) is 15.5 Å². The van der Waals surface area contributed by atoms with Crippen LogP contribution in [-0.2, 0) is 4.79 Å². The molecule has 2 N–H and O–H groups in total. The summed E-state index contributed by atoms with van der Waals surface area (Å²) in [6.45, 7) is 8.57. The van der Waals surface area contributed by atoms with Crippen LogP contribution in [0.25, 0.3) is 0 Å². The van der Waals surface area contributed by atoms with Gasteiger partial charge in [-0.1, -0.05) is 20.3 Å². The third-order valence-corrected chi connectivity index (χ3v) is 5.49. The van der Waals surface area contributed by atoms with E-state index in [0.29, 0.717) is 29.6 Å². The highest BCUT2D eigenvalue weighted by molar-refractivity contribution is 5.98. The van der Waals surface area contributed by atoms with Crippen LogP contribution in [0.5, 0.6) is 11.5 Å². The van der Waals surface area contributed by atoms with Gasteiger partial charge in [0.2, 0.25) is 5.91 Å². The van der Waals surface area contributed by atoms with E-state index in [1.165, 1.54) is 33.5 Å². The lowest BCUT2D eigenvalue weighted by atomic mass is 10.0.